The van der Waals surface area contributed by atoms with Crippen molar-refractivity contribution in [2.75, 3.05) is 0 Å². The van der Waals surface area contributed by atoms with Gasteiger partial charge in [-0.2, -0.15) is 0 Å². The molecule has 0 radical (unpaired) electrons. The van der Waals surface area contributed by atoms with Crippen LogP contribution in [0.5, 0.6) is 0 Å². The van der Waals surface area contributed by atoms with Crippen LogP contribution in [-0.2, 0) is 6.54 Å². The van der Waals surface area contributed by atoms with Crippen molar-refractivity contribution in [2.45, 2.75) is 6.54 Å². The SMILES string of the molecule is O=C(NCc1cc(-c2ccccc2)on1)c1cnc2ccccc2n1. The lowest BCUT2D eigenvalue weighted by Crippen LogP contribution is -2.24. The summed E-state index contributed by atoms with van der Waals surface area (Å²) >= 11 is 0. The van der Waals surface area contributed by atoms with Gasteiger partial charge in [-0.1, -0.05) is 47.6 Å². The van der Waals surface area contributed by atoms with Crippen LogP contribution in [0.3, 0.4) is 0 Å². The molecule has 6 nitrogen and oxygen atoms in total. The zero-order valence-corrected chi connectivity index (χ0v) is 13.2. The van der Waals surface area contributed by atoms with Crippen molar-refractivity contribution < 1.29 is 9.32 Å². The molecule has 2 heterocycles. The Labute approximate surface area is 143 Å². The fourth-order valence-corrected chi connectivity index (χ4v) is 2.46. The molecule has 2 aromatic carbocycles. The summed E-state index contributed by atoms with van der Waals surface area (Å²) in [5, 5.41) is 6.76. The first-order valence-corrected chi connectivity index (χ1v) is 7.80. The largest absolute Gasteiger partial charge is 0.356 e. The number of fused-ring (bicyclic) bond motifs is 1. The van der Waals surface area contributed by atoms with Crippen molar-refractivity contribution in [1.29, 1.82) is 0 Å². The Hall–Kier alpha value is -3.54. The number of para-hydroxylation sites is 2. The summed E-state index contributed by atoms with van der Waals surface area (Å²) in [5.74, 6) is 0.359. The first-order chi connectivity index (χ1) is 12.3. The van der Waals surface area contributed by atoms with Gasteiger partial charge in [0, 0.05) is 11.6 Å². The lowest BCUT2D eigenvalue weighted by Gasteiger charge is -2.03. The zero-order valence-electron chi connectivity index (χ0n) is 13.2. The third-order valence-corrected chi connectivity index (χ3v) is 3.73. The molecule has 0 aliphatic heterocycles. The molecule has 4 aromatic rings. The molecule has 0 bridgehead atoms. The molecule has 4 rings (SSSR count). The molecule has 0 atom stereocenters. The normalized spacial score (nSPS) is 10.7. The Balaban J connectivity index is 1.45. The van der Waals surface area contributed by atoms with Crippen LogP contribution in [0.1, 0.15) is 16.2 Å². The molecule has 1 amide bonds. The van der Waals surface area contributed by atoms with E-state index in [1.807, 2.05) is 60.7 Å². The van der Waals surface area contributed by atoms with Gasteiger partial charge in [-0.25, -0.2) is 4.98 Å². The molecule has 1 N–H and O–H groups in total. The molecule has 0 aliphatic carbocycles. The van der Waals surface area contributed by atoms with Gasteiger partial charge in [0.05, 0.1) is 23.8 Å². The number of carbonyl (C=O) groups is 1. The maximum absolute atomic E-state index is 12.3. The van der Waals surface area contributed by atoms with Gasteiger partial charge in [-0.05, 0) is 12.1 Å². The van der Waals surface area contributed by atoms with Gasteiger partial charge in [0.25, 0.3) is 5.91 Å². The van der Waals surface area contributed by atoms with Crippen LogP contribution in [0.4, 0.5) is 0 Å². The number of aromatic nitrogens is 3. The van der Waals surface area contributed by atoms with E-state index in [4.69, 9.17) is 4.52 Å². The summed E-state index contributed by atoms with van der Waals surface area (Å²) in [6.45, 7) is 0.254. The van der Waals surface area contributed by atoms with E-state index in [1.54, 1.807) is 0 Å². The van der Waals surface area contributed by atoms with Crippen LogP contribution in [-0.4, -0.2) is 21.0 Å². The zero-order chi connectivity index (χ0) is 17.1. The van der Waals surface area contributed by atoms with Crippen LogP contribution in [0.2, 0.25) is 0 Å². The molecule has 0 fully saturated rings. The van der Waals surface area contributed by atoms with Gasteiger partial charge in [0.15, 0.2) is 5.76 Å². The van der Waals surface area contributed by atoms with E-state index in [2.05, 4.69) is 20.4 Å². The summed E-state index contributed by atoms with van der Waals surface area (Å²) in [6.07, 6.45) is 1.47. The van der Waals surface area contributed by atoms with Crippen LogP contribution < -0.4 is 5.32 Å². The minimum absolute atomic E-state index is 0.254. The van der Waals surface area contributed by atoms with Gasteiger partial charge in [-0.3, -0.25) is 9.78 Å². The summed E-state index contributed by atoms with van der Waals surface area (Å²) in [7, 11) is 0. The van der Waals surface area contributed by atoms with E-state index in [0.29, 0.717) is 17.0 Å². The van der Waals surface area contributed by atoms with E-state index in [0.717, 1.165) is 11.1 Å². The average Bonchev–Trinajstić information content (AvgIpc) is 3.15. The molecule has 6 heteroatoms. The monoisotopic (exact) mass is 330 g/mol. The van der Waals surface area contributed by atoms with Crippen molar-refractivity contribution in [1.82, 2.24) is 20.4 Å². The number of nitrogens with one attached hydrogen (secondary N) is 1. The Morgan fingerprint density at radius 2 is 1.76 bits per heavy atom. The predicted octanol–water partition coefficient (Wildman–Crippen LogP) is 3.21. The number of benzene rings is 2. The van der Waals surface area contributed by atoms with Gasteiger partial charge < -0.3 is 9.84 Å². The number of rotatable bonds is 4. The molecule has 2 aromatic heterocycles. The van der Waals surface area contributed by atoms with Crippen LogP contribution >= 0.6 is 0 Å². The third kappa shape index (κ3) is 3.23. The van der Waals surface area contributed by atoms with Gasteiger partial charge in [0.2, 0.25) is 0 Å². The van der Waals surface area contributed by atoms with E-state index < -0.39 is 0 Å². The Morgan fingerprint density at radius 1 is 1.00 bits per heavy atom. The average molecular weight is 330 g/mol. The van der Waals surface area contributed by atoms with E-state index >= 15 is 0 Å². The number of carbonyl (C=O) groups excluding carboxylic acids is 1. The fraction of sp³-hybridized carbons (Fsp3) is 0.0526. The van der Waals surface area contributed by atoms with E-state index in [1.165, 1.54) is 6.20 Å². The minimum atomic E-state index is -0.303. The molecular formula is C19H14N4O2. The third-order valence-electron chi connectivity index (χ3n) is 3.73. The molecule has 0 spiro atoms. The van der Waals surface area contributed by atoms with Crippen molar-refractivity contribution in [3.05, 3.63) is 78.2 Å². The summed E-state index contributed by atoms with van der Waals surface area (Å²) in [6, 6.07) is 18.9. The molecule has 122 valence electrons. The van der Waals surface area contributed by atoms with Crippen molar-refractivity contribution >= 4 is 16.9 Å². The summed E-state index contributed by atoms with van der Waals surface area (Å²) in [4.78, 5) is 20.8. The first kappa shape index (κ1) is 15.0. The number of amides is 1. The lowest BCUT2D eigenvalue weighted by atomic mass is 10.2. The van der Waals surface area contributed by atoms with Gasteiger partial charge >= 0.3 is 0 Å². The molecule has 0 saturated carbocycles. The summed E-state index contributed by atoms with van der Waals surface area (Å²) in [5.41, 5.74) is 3.28. The maximum Gasteiger partial charge on any atom is 0.271 e. The smallest absolute Gasteiger partial charge is 0.271 e. The van der Waals surface area contributed by atoms with E-state index in [-0.39, 0.29) is 18.1 Å². The molecular weight excluding hydrogens is 316 g/mol. The highest BCUT2D eigenvalue weighted by Gasteiger charge is 2.11. The predicted molar refractivity (Wildman–Crippen MR) is 92.6 cm³/mol. The maximum atomic E-state index is 12.3. The number of hydrogen-bond donors (Lipinski definition) is 1. The minimum Gasteiger partial charge on any atom is -0.356 e. The molecule has 0 aliphatic rings. The molecule has 25 heavy (non-hydrogen) atoms. The Bertz CT molecular complexity index is 1030. The van der Waals surface area contributed by atoms with Crippen LogP contribution in [0, 0.1) is 0 Å². The van der Waals surface area contributed by atoms with Crippen LogP contribution in [0.25, 0.3) is 22.4 Å². The second kappa shape index (κ2) is 6.52. The second-order valence-electron chi connectivity index (χ2n) is 5.48. The summed E-state index contributed by atoms with van der Waals surface area (Å²) < 4.78 is 5.32. The highest BCUT2D eigenvalue weighted by molar-refractivity contribution is 5.93. The lowest BCUT2D eigenvalue weighted by molar-refractivity contribution is 0.0945. The van der Waals surface area contributed by atoms with Crippen molar-refractivity contribution in [3.63, 3.8) is 0 Å². The first-order valence-electron chi connectivity index (χ1n) is 7.80. The quantitative estimate of drug-likeness (QED) is 0.621. The Kier molecular flexibility index (Phi) is 3.92. The van der Waals surface area contributed by atoms with Gasteiger partial charge in [-0.15, -0.1) is 0 Å². The van der Waals surface area contributed by atoms with E-state index in [9.17, 15) is 4.79 Å². The van der Waals surface area contributed by atoms with Crippen LogP contribution in [0.15, 0.2) is 71.4 Å². The fourth-order valence-electron chi connectivity index (χ4n) is 2.46. The van der Waals surface area contributed by atoms with Crippen molar-refractivity contribution in [2.24, 2.45) is 0 Å². The topological polar surface area (TPSA) is 80.9 Å². The number of hydrogen-bond acceptors (Lipinski definition) is 5. The highest BCUT2D eigenvalue weighted by atomic mass is 16.5. The molecule has 0 unspecified atom stereocenters. The highest BCUT2D eigenvalue weighted by Crippen LogP contribution is 2.19. The Morgan fingerprint density at radius 3 is 2.60 bits per heavy atom. The standard InChI is InChI=1S/C19H14N4O2/c24-19(17-12-20-15-8-4-5-9-16(15)22-17)21-11-14-10-18(25-23-14)13-6-2-1-3-7-13/h1-10,12H,11H2,(H,21,24). The molecule has 0 saturated heterocycles. The second-order valence-corrected chi connectivity index (χ2v) is 5.48. The van der Waals surface area contributed by atoms with Crippen molar-refractivity contribution in [3.8, 4) is 11.3 Å². The number of nitrogens with zero attached hydrogens (tertiary/aromatic N) is 3. The van der Waals surface area contributed by atoms with Gasteiger partial charge in [0.1, 0.15) is 11.4 Å².